The van der Waals surface area contributed by atoms with E-state index in [0.29, 0.717) is 24.4 Å². The Morgan fingerprint density at radius 3 is 2.62 bits per heavy atom. The fraction of sp³-hybridized carbons (Fsp3) is 0.923. The van der Waals surface area contributed by atoms with Crippen molar-refractivity contribution in [3.63, 3.8) is 0 Å². The summed E-state index contributed by atoms with van der Waals surface area (Å²) in [5.74, 6) is 1.70. The fourth-order valence-electron chi connectivity index (χ4n) is 2.53. The summed E-state index contributed by atoms with van der Waals surface area (Å²) in [6, 6.07) is 0. The average molecular weight is 228 g/mol. The second-order valence-corrected chi connectivity index (χ2v) is 5.17. The molecule has 3 heteroatoms. The van der Waals surface area contributed by atoms with Crippen molar-refractivity contribution in [3.05, 3.63) is 0 Å². The van der Waals surface area contributed by atoms with Gasteiger partial charge in [0.1, 0.15) is 6.10 Å². The molecule has 0 saturated heterocycles. The molecule has 0 unspecified atom stereocenters. The zero-order valence-electron chi connectivity index (χ0n) is 10.9. The molecule has 3 nitrogen and oxygen atoms in total. The molecule has 0 N–H and O–H groups in total. The molecule has 0 aromatic carbocycles. The molecule has 3 atom stereocenters. The van der Waals surface area contributed by atoms with Gasteiger partial charge in [0.15, 0.2) is 0 Å². The van der Waals surface area contributed by atoms with Crippen LogP contribution in [0.4, 0.5) is 4.79 Å². The molecule has 0 spiro atoms. The van der Waals surface area contributed by atoms with Crippen molar-refractivity contribution >= 4 is 6.16 Å². The highest BCUT2D eigenvalue weighted by Gasteiger charge is 2.33. The van der Waals surface area contributed by atoms with Gasteiger partial charge in [-0.25, -0.2) is 4.79 Å². The van der Waals surface area contributed by atoms with Crippen molar-refractivity contribution in [2.24, 2.45) is 17.8 Å². The number of hydrogen-bond donors (Lipinski definition) is 0. The van der Waals surface area contributed by atoms with Crippen molar-refractivity contribution in [3.8, 4) is 0 Å². The number of rotatable bonds is 3. The first-order chi connectivity index (χ1) is 7.54. The highest BCUT2D eigenvalue weighted by Crippen LogP contribution is 2.35. The van der Waals surface area contributed by atoms with Gasteiger partial charge in [0.25, 0.3) is 0 Å². The molecular formula is C13H24O3. The summed E-state index contributed by atoms with van der Waals surface area (Å²) >= 11 is 0. The Labute approximate surface area is 98.5 Å². The van der Waals surface area contributed by atoms with Crippen LogP contribution in [0.1, 0.15) is 47.0 Å². The summed E-state index contributed by atoms with van der Waals surface area (Å²) < 4.78 is 10.3. The van der Waals surface area contributed by atoms with Gasteiger partial charge >= 0.3 is 6.16 Å². The molecule has 0 bridgehead atoms. The minimum absolute atomic E-state index is 0.0443. The summed E-state index contributed by atoms with van der Waals surface area (Å²) in [7, 11) is 0. The topological polar surface area (TPSA) is 35.5 Å². The number of carbonyl (C=O) groups is 1. The molecule has 0 radical (unpaired) electrons. The maximum Gasteiger partial charge on any atom is 0.508 e. The first-order valence-electron chi connectivity index (χ1n) is 6.38. The van der Waals surface area contributed by atoms with E-state index >= 15 is 0 Å². The molecular weight excluding hydrogens is 204 g/mol. The molecule has 16 heavy (non-hydrogen) atoms. The van der Waals surface area contributed by atoms with E-state index in [9.17, 15) is 4.79 Å². The lowest BCUT2D eigenvalue weighted by Crippen LogP contribution is -2.36. The van der Waals surface area contributed by atoms with Gasteiger partial charge in [-0.2, -0.15) is 0 Å². The predicted octanol–water partition coefficient (Wildman–Crippen LogP) is 3.62. The van der Waals surface area contributed by atoms with Crippen molar-refractivity contribution in [2.45, 2.75) is 53.1 Å². The summed E-state index contributed by atoms with van der Waals surface area (Å²) in [6.45, 7) is 8.79. The van der Waals surface area contributed by atoms with Crippen LogP contribution in [0.2, 0.25) is 0 Å². The Hall–Kier alpha value is -0.730. The van der Waals surface area contributed by atoms with Crippen LogP contribution in [0, 0.1) is 17.8 Å². The van der Waals surface area contributed by atoms with Crippen LogP contribution < -0.4 is 0 Å². The van der Waals surface area contributed by atoms with E-state index < -0.39 is 6.16 Å². The maximum absolute atomic E-state index is 11.3. The first-order valence-corrected chi connectivity index (χ1v) is 6.38. The smallest absolute Gasteiger partial charge is 0.435 e. The Balaban J connectivity index is 2.54. The van der Waals surface area contributed by atoms with Crippen molar-refractivity contribution in [1.82, 2.24) is 0 Å². The molecule has 1 aliphatic rings. The van der Waals surface area contributed by atoms with Gasteiger partial charge in [0.05, 0.1) is 6.61 Å². The first kappa shape index (κ1) is 13.3. The van der Waals surface area contributed by atoms with E-state index in [1.165, 1.54) is 6.42 Å². The Bertz CT molecular complexity index is 225. The zero-order valence-corrected chi connectivity index (χ0v) is 10.9. The van der Waals surface area contributed by atoms with Crippen LogP contribution in [0.3, 0.4) is 0 Å². The molecule has 1 fully saturated rings. The second kappa shape index (κ2) is 6.12. The van der Waals surface area contributed by atoms with E-state index in [0.717, 1.165) is 12.8 Å². The average Bonchev–Trinajstić information content (AvgIpc) is 2.17. The lowest BCUT2D eigenvalue weighted by Gasteiger charge is -2.36. The van der Waals surface area contributed by atoms with Gasteiger partial charge in [0, 0.05) is 0 Å². The lowest BCUT2D eigenvalue weighted by atomic mass is 9.75. The predicted molar refractivity (Wildman–Crippen MR) is 63.2 cm³/mol. The van der Waals surface area contributed by atoms with Crippen molar-refractivity contribution in [1.29, 1.82) is 0 Å². The molecule has 1 saturated carbocycles. The van der Waals surface area contributed by atoms with E-state index in [1.807, 2.05) is 0 Å². The Morgan fingerprint density at radius 1 is 1.38 bits per heavy atom. The second-order valence-electron chi connectivity index (χ2n) is 5.17. The molecule has 0 aliphatic heterocycles. The fourth-order valence-corrected chi connectivity index (χ4v) is 2.53. The molecule has 0 heterocycles. The monoisotopic (exact) mass is 228 g/mol. The van der Waals surface area contributed by atoms with Crippen LogP contribution in [0.5, 0.6) is 0 Å². The molecule has 0 aromatic rings. The lowest BCUT2D eigenvalue weighted by molar-refractivity contribution is -0.0303. The van der Waals surface area contributed by atoms with Crippen LogP contribution >= 0.6 is 0 Å². The zero-order chi connectivity index (χ0) is 12.1. The summed E-state index contributed by atoms with van der Waals surface area (Å²) in [6.07, 6.45) is 2.91. The van der Waals surface area contributed by atoms with Gasteiger partial charge in [-0.15, -0.1) is 0 Å². The summed E-state index contributed by atoms with van der Waals surface area (Å²) in [4.78, 5) is 11.3. The third kappa shape index (κ3) is 3.69. The third-order valence-electron chi connectivity index (χ3n) is 3.47. The van der Waals surface area contributed by atoms with Crippen LogP contribution in [0.25, 0.3) is 0 Å². The third-order valence-corrected chi connectivity index (χ3v) is 3.47. The van der Waals surface area contributed by atoms with E-state index in [-0.39, 0.29) is 6.10 Å². The van der Waals surface area contributed by atoms with Crippen LogP contribution in [-0.4, -0.2) is 18.9 Å². The van der Waals surface area contributed by atoms with Crippen molar-refractivity contribution in [2.75, 3.05) is 6.61 Å². The van der Waals surface area contributed by atoms with Gasteiger partial charge in [0.2, 0.25) is 0 Å². The van der Waals surface area contributed by atoms with E-state index in [2.05, 4.69) is 20.8 Å². The molecule has 1 rings (SSSR count). The largest absolute Gasteiger partial charge is 0.508 e. The minimum atomic E-state index is -0.507. The van der Waals surface area contributed by atoms with E-state index in [4.69, 9.17) is 9.47 Å². The van der Waals surface area contributed by atoms with Crippen LogP contribution in [0.15, 0.2) is 0 Å². The number of carbonyl (C=O) groups excluding carboxylic acids is 1. The highest BCUT2D eigenvalue weighted by molar-refractivity contribution is 5.60. The highest BCUT2D eigenvalue weighted by atomic mass is 16.7. The van der Waals surface area contributed by atoms with E-state index in [1.54, 1.807) is 6.92 Å². The summed E-state index contributed by atoms with van der Waals surface area (Å²) in [5, 5.41) is 0. The Morgan fingerprint density at radius 2 is 2.06 bits per heavy atom. The SMILES string of the molecule is CCOC(=O)O[C@@H]1C[C@H](C)CC[C@H]1C(C)C. The van der Waals surface area contributed by atoms with Gasteiger partial charge in [-0.3, -0.25) is 0 Å². The summed E-state index contributed by atoms with van der Waals surface area (Å²) in [5.41, 5.74) is 0. The standard InChI is InChI=1S/C13H24O3/c1-5-15-13(14)16-12-8-10(4)6-7-11(12)9(2)3/h9-12H,5-8H2,1-4H3/t10-,11+,12-/m1/s1. The number of hydrogen-bond acceptors (Lipinski definition) is 3. The number of ether oxygens (including phenoxy) is 2. The minimum Gasteiger partial charge on any atom is -0.435 e. The van der Waals surface area contributed by atoms with Crippen LogP contribution in [-0.2, 0) is 9.47 Å². The molecule has 0 amide bonds. The van der Waals surface area contributed by atoms with Crippen molar-refractivity contribution < 1.29 is 14.3 Å². The molecule has 0 aromatic heterocycles. The van der Waals surface area contributed by atoms with Gasteiger partial charge in [-0.05, 0) is 37.5 Å². The van der Waals surface area contributed by atoms with Gasteiger partial charge in [-0.1, -0.05) is 27.2 Å². The maximum atomic E-state index is 11.3. The molecule has 1 aliphatic carbocycles. The normalized spacial score (nSPS) is 30.2. The van der Waals surface area contributed by atoms with Gasteiger partial charge < -0.3 is 9.47 Å². The molecule has 94 valence electrons. The Kier molecular flexibility index (Phi) is 5.10. The quantitative estimate of drug-likeness (QED) is 0.692.